The molecule has 0 saturated carbocycles. The first kappa shape index (κ1) is 14.5. The summed E-state index contributed by atoms with van der Waals surface area (Å²) < 4.78 is 1.65. The molecular weight excluding hydrogens is 250 g/mol. The average molecular weight is 271 g/mol. The van der Waals surface area contributed by atoms with Crippen molar-refractivity contribution in [3.05, 3.63) is 63.8 Å². The van der Waals surface area contributed by atoms with E-state index in [2.05, 4.69) is 48.4 Å². The fourth-order valence-electron chi connectivity index (χ4n) is 2.18. The van der Waals surface area contributed by atoms with Gasteiger partial charge < -0.3 is 5.32 Å². The average Bonchev–Trinajstić information content (AvgIpc) is 2.42. The molecule has 1 N–H and O–H groups in total. The number of hydrogen-bond acceptors (Lipinski definition) is 3. The minimum Gasteiger partial charge on any atom is -0.309 e. The van der Waals surface area contributed by atoms with E-state index in [4.69, 9.17) is 0 Å². The van der Waals surface area contributed by atoms with Gasteiger partial charge in [0.2, 0.25) is 0 Å². The van der Waals surface area contributed by atoms with Gasteiger partial charge in [-0.05, 0) is 26.0 Å². The van der Waals surface area contributed by atoms with Crippen LogP contribution in [0.15, 0.2) is 41.5 Å². The van der Waals surface area contributed by atoms with Crippen LogP contribution < -0.4 is 10.9 Å². The monoisotopic (exact) mass is 271 g/mol. The van der Waals surface area contributed by atoms with E-state index in [1.165, 1.54) is 11.1 Å². The molecule has 0 bridgehead atoms. The zero-order valence-electron chi connectivity index (χ0n) is 12.3. The number of aryl methyl sites for hydroxylation is 2. The van der Waals surface area contributed by atoms with Crippen LogP contribution in [0.1, 0.15) is 29.8 Å². The topological polar surface area (TPSA) is 46.9 Å². The normalized spacial score (nSPS) is 12.3. The molecule has 2 aromatic rings. The van der Waals surface area contributed by atoms with Crippen molar-refractivity contribution in [2.24, 2.45) is 0 Å². The molecular formula is C16H21N3O. The van der Waals surface area contributed by atoms with Crippen LogP contribution >= 0.6 is 0 Å². The standard InChI is InChI=1S/C16H21N3O/c1-4-17-15(14-7-5-12(2)6-8-14)10-19-11-18-13(3)9-16(19)20/h5-9,11,15,17H,4,10H2,1-3H3. The van der Waals surface area contributed by atoms with E-state index in [9.17, 15) is 4.79 Å². The smallest absolute Gasteiger partial charge is 0.253 e. The van der Waals surface area contributed by atoms with Gasteiger partial charge in [-0.3, -0.25) is 9.36 Å². The van der Waals surface area contributed by atoms with Gasteiger partial charge in [-0.15, -0.1) is 0 Å². The SMILES string of the molecule is CCNC(Cn1cnc(C)cc1=O)c1ccc(C)cc1. The van der Waals surface area contributed by atoms with Gasteiger partial charge >= 0.3 is 0 Å². The first-order valence-electron chi connectivity index (χ1n) is 6.93. The van der Waals surface area contributed by atoms with Crippen molar-refractivity contribution in [3.63, 3.8) is 0 Å². The van der Waals surface area contributed by atoms with E-state index in [1.807, 2.05) is 6.92 Å². The Hall–Kier alpha value is -1.94. The number of rotatable bonds is 5. The van der Waals surface area contributed by atoms with Gasteiger partial charge in [0.15, 0.2) is 0 Å². The number of benzene rings is 1. The van der Waals surface area contributed by atoms with E-state index >= 15 is 0 Å². The second kappa shape index (κ2) is 6.48. The summed E-state index contributed by atoms with van der Waals surface area (Å²) in [4.78, 5) is 16.2. The Balaban J connectivity index is 2.25. The van der Waals surface area contributed by atoms with E-state index in [0.717, 1.165) is 12.2 Å². The van der Waals surface area contributed by atoms with E-state index in [1.54, 1.807) is 17.0 Å². The Labute approximate surface area is 119 Å². The molecule has 0 aliphatic carbocycles. The molecule has 0 saturated heterocycles. The summed E-state index contributed by atoms with van der Waals surface area (Å²) in [5.74, 6) is 0. The van der Waals surface area contributed by atoms with Crippen molar-refractivity contribution in [2.45, 2.75) is 33.4 Å². The molecule has 0 fully saturated rings. The van der Waals surface area contributed by atoms with Crippen molar-refractivity contribution in [1.82, 2.24) is 14.9 Å². The van der Waals surface area contributed by atoms with E-state index in [-0.39, 0.29) is 11.6 Å². The Morgan fingerprint density at radius 3 is 2.55 bits per heavy atom. The molecule has 1 heterocycles. The number of nitrogens with one attached hydrogen (secondary N) is 1. The van der Waals surface area contributed by atoms with Crippen LogP contribution in [0.25, 0.3) is 0 Å². The predicted octanol–water partition coefficient (Wildman–Crippen LogP) is 2.21. The highest BCUT2D eigenvalue weighted by Crippen LogP contribution is 2.15. The summed E-state index contributed by atoms with van der Waals surface area (Å²) in [6, 6.07) is 10.1. The van der Waals surface area contributed by atoms with Gasteiger partial charge in [-0.1, -0.05) is 36.8 Å². The highest BCUT2D eigenvalue weighted by molar-refractivity contribution is 5.24. The first-order valence-corrected chi connectivity index (χ1v) is 6.93. The summed E-state index contributed by atoms with van der Waals surface area (Å²) in [6.45, 7) is 7.40. The van der Waals surface area contributed by atoms with Crippen molar-refractivity contribution in [1.29, 1.82) is 0 Å². The van der Waals surface area contributed by atoms with Crippen molar-refractivity contribution in [3.8, 4) is 0 Å². The summed E-state index contributed by atoms with van der Waals surface area (Å²) >= 11 is 0. The van der Waals surface area contributed by atoms with Gasteiger partial charge in [0.05, 0.1) is 12.4 Å². The fourth-order valence-corrected chi connectivity index (χ4v) is 2.18. The molecule has 4 nitrogen and oxygen atoms in total. The lowest BCUT2D eigenvalue weighted by molar-refractivity contribution is 0.463. The molecule has 2 rings (SSSR count). The number of aromatic nitrogens is 2. The Kier molecular flexibility index (Phi) is 4.69. The lowest BCUT2D eigenvalue weighted by Gasteiger charge is -2.19. The van der Waals surface area contributed by atoms with Gasteiger partial charge in [0.25, 0.3) is 5.56 Å². The van der Waals surface area contributed by atoms with Crippen molar-refractivity contribution in [2.75, 3.05) is 6.54 Å². The number of likely N-dealkylation sites (N-methyl/N-ethyl adjacent to an activating group) is 1. The lowest BCUT2D eigenvalue weighted by atomic mass is 10.0. The van der Waals surface area contributed by atoms with Gasteiger partial charge in [0.1, 0.15) is 0 Å². The second-order valence-corrected chi connectivity index (χ2v) is 5.04. The third-order valence-corrected chi connectivity index (χ3v) is 3.33. The van der Waals surface area contributed by atoms with Crippen molar-refractivity contribution >= 4 is 0 Å². The molecule has 1 unspecified atom stereocenters. The van der Waals surface area contributed by atoms with Crippen LogP contribution in [0.5, 0.6) is 0 Å². The molecule has 4 heteroatoms. The molecule has 0 radical (unpaired) electrons. The summed E-state index contributed by atoms with van der Waals surface area (Å²) in [7, 11) is 0. The van der Waals surface area contributed by atoms with Crippen LogP contribution in [0, 0.1) is 13.8 Å². The Bertz CT molecular complexity index is 616. The minimum atomic E-state index is -0.00693. The Morgan fingerprint density at radius 2 is 1.95 bits per heavy atom. The van der Waals surface area contributed by atoms with Gasteiger partial charge in [0, 0.05) is 18.3 Å². The molecule has 20 heavy (non-hydrogen) atoms. The largest absolute Gasteiger partial charge is 0.309 e. The molecule has 1 atom stereocenters. The van der Waals surface area contributed by atoms with Crippen LogP contribution in [-0.2, 0) is 6.54 Å². The highest BCUT2D eigenvalue weighted by atomic mass is 16.1. The molecule has 1 aromatic carbocycles. The third-order valence-electron chi connectivity index (χ3n) is 3.33. The second-order valence-electron chi connectivity index (χ2n) is 5.04. The molecule has 0 aliphatic rings. The maximum atomic E-state index is 12.0. The number of hydrogen-bond donors (Lipinski definition) is 1. The quantitative estimate of drug-likeness (QED) is 0.907. The van der Waals surface area contributed by atoms with E-state index < -0.39 is 0 Å². The van der Waals surface area contributed by atoms with Gasteiger partial charge in [-0.25, -0.2) is 4.98 Å². The van der Waals surface area contributed by atoms with Crippen LogP contribution in [-0.4, -0.2) is 16.1 Å². The maximum Gasteiger partial charge on any atom is 0.253 e. The highest BCUT2D eigenvalue weighted by Gasteiger charge is 2.11. The van der Waals surface area contributed by atoms with Gasteiger partial charge in [-0.2, -0.15) is 0 Å². The molecule has 0 spiro atoms. The third kappa shape index (κ3) is 3.54. The Morgan fingerprint density at radius 1 is 1.25 bits per heavy atom. The fraction of sp³-hybridized carbons (Fsp3) is 0.375. The minimum absolute atomic E-state index is 0.00693. The van der Waals surface area contributed by atoms with E-state index in [0.29, 0.717) is 6.54 Å². The van der Waals surface area contributed by atoms with Crippen LogP contribution in [0.2, 0.25) is 0 Å². The van der Waals surface area contributed by atoms with Crippen LogP contribution in [0.3, 0.4) is 0 Å². The summed E-state index contributed by atoms with van der Waals surface area (Å²) in [6.07, 6.45) is 1.62. The summed E-state index contributed by atoms with van der Waals surface area (Å²) in [5, 5.41) is 3.42. The maximum absolute atomic E-state index is 12.0. The zero-order valence-corrected chi connectivity index (χ0v) is 12.3. The molecule has 0 amide bonds. The zero-order chi connectivity index (χ0) is 14.5. The first-order chi connectivity index (χ1) is 9.60. The number of nitrogens with zero attached hydrogens (tertiary/aromatic N) is 2. The molecule has 0 aliphatic heterocycles. The molecule has 1 aromatic heterocycles. The predicted molar refractivity (Wildman–Crippen MR) is 80.8 cm³/mol. The lowest BCUT2D eigenvalue weighted by Crippen LogP contribution is -2.30. The molecule has 106 valence electrons. The van der Waals surface area contributed by atoms with Crippen LogP contribution in [0.4, 0.5) is 0 Å². The van der Waals surface area contributed by atoms with Crippen molar-refractivity contribution < 1.29 is 0 Å². The summed E-state index contributed by atoms with van der Waals surface area (Å²) in [5.41, 5.74) is 3.16.